The van der Waals surface area contributed by atoms with Crippen LogP contribution in [0.4, 0.5) is 11.4 Å². The first kappa shape index (κ1) is 83.9. The zero-order chi connectivity index (χ0) is 61.3. The fourth-order valence-corrected chi connectivity index (χ4v) is 14.0. The van der Waals surface area contributed by atoms with E-state index in [0.717, 1.165) is 41.8 Å². The molecule has 0 radical (unpaired) electrons. The minimum Gasteiger partial charge on any atom is -0.744 e. The van der Waals surface area contributed by atoms with Crippen molar-refractivity contribution >= 4 is 130 Å². The third kappa shape index (κ3) is 20.4. The molecule has 36 heteroatoms. The average Bonchev–Trinajstić information content (AvgIpc) is 1.54. The predicted molar refractivity (Wildman–Crippen MR) is 298 cm³/mol. The average molecular weight is 1400 g/mol. The molecule has 0 unspecified atom stereocenters. The van der Waals surface area contributed by atoms with E-state index in [2.05, 4.69) is 37.5 Å². The molecule has 0 aliphatic carbocycles. The molecule has 5 aromatic carbocycles. The van der Waals surface area contributed by atoms with E-state index < -0.39 is 58.6 Å². The van der Waals surface area contributed by atoms with E-state index in [0.29, 0.717) is 147 Å². The molecule has 456 valence electrons. The van der Waals surface area contributed by atoms with Crippen molar-refractivity contribution in [2.45, 2.75) is 109 Å². The third-order valence-corrected chi connectivity index (χ3v) is 18.5. The number of fused-ring (bicyclic) bond motifs is 6. The summed E-state index contributed by atoms with van der Waals surface area (Å²) in [7, 11) is -10.2. The van der Waals surface area contributed by atoms with E-state index in [9.17, 15) is 61.4 Å². The van der Waals surface area contributed by atoms with Crippen LogP contribution in [0.2, 0.25) is 0 Å². The Balaban J connectivity index is 0.00000423. The van der Waals surface area contributed by atoms with E-state index >= 15 is 0 Å². The summed E-state index contributed by atoms with van der Waals surface area (Å²) in [5, 5.41) is 59.4. The van der Waals surface area contributed by atoms with Crippen LogP contribution in [-0.4, -0.2) is 83.7 Å². The predicted octanol–water partition coefficient (Wildman–Crippen LogP) is -9.18. The molecule has 2 amide bonds. The van der Waals surface area contributed by atoms with Gasteiger partial charge < -0.3 is 39.9 Å². The number of carbonyl (C=O) groups excluding carboxylic acids is 3. The van der Waals surface area contributed by atoms with Gasteiger partial charge in [-0.25, -0.2) is 21.6 Å². The van der Waals surface area contributed by atoms with Crippen LogP contribution in [0.3, 0.4) is 0 Å². The normalized spacial score (nSPS) is 15.6. The molecule has 3 aliphatic rings. The summed E-state index contributed by atoms with van der Waals surface area (Å²) in [6, 6.07) is 19.4. The molecule has 0 atom stereocenters. The summed E-state index contributed by atoms with van der Waals surface area (Å²) in [4.78, 5) is 42.9. The van der Waals surface area contributed by atoms with Gasteiger partial charge in [-0.05, 0) is 132 Å². The van der Waals surface area contributed by atoms with Gasteiger partial charge in [0.05, 0.1) is 39.3 Å². The first-order chi connectivity index (χ1) is 40.5. The number of benzene rings is 5. The maximum absolute atomic E-state index is 12.8. The van der Waals surface area contributed by atoms with Crippen molar-refractivity contribution in [3.8, 4) is 0 Å². The van der Waals surface area contributed by atoms with Crippen LogP contribution in [0, 0.1) is 0 Å². The number of allylic oxidation sites excluding steroid dienone is 6. The molecular formula is C54H52N3Na5O22S6. The van der Waals surface area contributed by atoms with E-state index in [1.165, 1.54) is 12.1 Å². The van der Waals surface area contributed by atoms with Crippen LogP contribution in [0.5, 0.6) is 0 Å². The van der Waals surface area contributed by atoms with Crippen LogP contribution in [0.25, 0.3) is 27.1 Å². The summed E-state index contributed by atoms with van der Waals surface area (Å²) in [5.41, 5.74) is 4.13. The number of hydrogen-bond acceptors (Lipinski definition) is 27. The molecule has 8 rings (SSSR count). The SMILES string of the molecule is CC1(C)C(/C=C/C(=C/C=C2/N(CCCSOO[O-])c3ccc4c(S(=O)(=O)[O-])cc(SOO[O-])cc4c3C2(C)C)c2cccc(CCCCC(=O)ON3C(=O)CCC3=O)c2)=[N+](CCCSOO[O-])c2ccc3c(SOO[O-])cc(S(=O)(=O)[O-])cc3c21.[Na+].[Na+].[Na+].[Na+].[Na+]. The maximum Gasteiger partial charge on any atom is 1.00 e. The van der Waals surface area contributed by atoms with E-state index in [-0.39, 0.29) is 182 Å². The number of nitrogens with zero attached hydrogens (tertiary/aromatic N) is 3. The van der Waals surface area contributed by atoms with E-state index in [1.807, 2.05) is 91.8 Å². The molecule has 1 fully saturated rings. The number of hydrogen-bond donors (Lipinski definition) is 0. The first-order valence-corrected chi connectivity index (χ1v) is 31.9. The van der Waals surface area contributed by atoms with Gasteiger partial charge in [0.15, 0.2) is 5.71 Å². The molecule has 0 N–H and O–H groups in total. The van der Waals surface area contributed by atoms with Gasteiger partial charge in [-0.2, -0.15) is 21.9 Å². The molecule has 5 aromatic rings. The second-order valence-electron chi connectivity index (χ2n) is 20.3. The van der Waals surface area contributed by atoms with Crippen molar-refractivity contribution in [1.82, 2.24) is 5.06 Å². The van der Waals surface area contributed by atoms with E-state index in [4.69, 9.17) is 4.84 Å². The van der Waals surface area contributed by atoms with Gasteiger partial charge >= 0.3 is 154 Å². The Morgan fingerprint density at radius 2 is 1.31 bits per heavy atom. The molecule has 0 bridgehead atoms. The number of anilines is 1. The molecule has 0 aromatic heterocycles. The van der Waals surface area contributed by atoms with Gasteiger partial charge in [-0.15, -0.1) is 5.06 Å². The van der Waals surface area contributed by atoms with Gasteiger partial charge in [0.2, 0.25) is 5.69 Å². The summed E-state index contributed by atoms with van der Waals surface area (Å²) in [6.07, 6.45) is 9.65. The number of imide groups is 1. The van der Waals surface area contributed by atoms with Crippen molar-refractivity contribution in [3.63, 3.8) is 0 Å². The molecule has 25 nitrogen and oxygen atoms in total. The number of rotatable bonds is 30. The van der Waals surface area contributed by atoms with Crippen molar-refractivity contribution in [1.29, 1.82) is 0 Å². The van der Waals surface area contributed by atoms with Crippen LogP contribution in [-0.2, 0) is 94.2 Å². The molecular weight excluding hydrogens is 1350 g/mol. The Labute approximate surface area is 646 Å². The zero-order valence-corrected chi connectivity index (χ0v) is 65.4. The minimum atomic E-state index is -5.10. The quantitative estimate of drug-likeness (QED) is 0.00474. The second-order valence-corrected chi connectivity index (χ2v) is 26.1. The fraction of sp³-hybridized carbons (Fsp3) is 0.333. The van der Waals surface area contributed by atoms with Crippen LogP contribution >= 0.6 is 48.2 Å². The van der Waals surface area contributed by atoms with Gasteiger partial charge in [-0.3, -0.25) is 29.7 Å². The van der Waals surface area contributed by atoms with Gasteiger partial charge in [0.25, 0.3) is 11.8 Å². The Morgan fingerprint density at radius 3 is 1.96 bits per heavy atom. The third-order valence-electron chi connectivity index (χ3n) is 14.4. The second kappa shape index (κ2) is 38.1. The number of carbonyl (C=O) groups is 3. The number of amides is 2. The van der Waals surface area contributed by atoms with Crippen molar-refractivity contribution in [2.75, 3.05) is 29.5 Å². The van der Waals surface area contributed by atoms with Gasteiger partial charge in [0, 0.05) is 112 Å². The summed E-state index contributed by atoms with van der Waals surface area (Å²) in [6.45, 7) is 8.29. The summed E-state index contributed by atoms with van der Waals surface area (Å²) >= 11 is 2.43. The molecule has 0 spiro atoms. The largest absolute Gasteiger partial charge is 1.00 e. The smallest absolute Gasteiger partial charge is 0.744 e. The van der Waals surface area contributed by atoms with Crippen molar-refractivity contribution < 1.29 is 256 Å². The minimum absolute atomic E-state index is 0. The molecule has 3 aliphatic heterocycles. The van der Waals surface area contributed by atoms with Crippen LogP contribution in [0.1, 0.15) is 94.9 Å². The number of unbranched alkanes of at least 4 members (excludes halogenated alkanes) is 1. The molecule has 0 saturated carbocycles. The summed E-state index contributed by atoms with van der Waals surface area (Å²) in [5.74, 6) is -1.29. The molecule has 3 heterocycles. The zero-order valence-electron chi connectivity index (χ0n) is 50.5. The number of aryl methyl sites for hydroxylation is 1. The van der Waals surface area contributed by atoms with Gasteiger partial charge in [-0.1, -0.05) is 50.3 Å². The number of hydroxylamine groups is 2. The maximum atomic E-state index is 12.8. The topological polar surface area (TPSA) is 350 Å². The van der Waals surface area contributed by atoms with E-state index in [1.54, 1.807) is 18.2 Å². The molecule has 90 heavy (non-hydrogen) atoms. The van der Waals surface area contributed by atoms with Crippen LogP contribution < -0.4 is 174 Å². The fourth-order valence-electron chi connectivity index (χ4n) is 10.9. The standard InChI is InChI=1S/C54H57N3O22S6.5Na/c1-53(2)46(56(25-9-27-81-77-73-62)43-19-17-39-40(51(43)53)29-36(82-78-74-63)30-45(39)85(68,69)70)20-14-34(35-12-7-11-33(28-35)10-5-6-13-50(60)71-57-48(58)22-23-49(57)59)15-21-47-54(3,4)52-41-31-37(84(65,66)67)32-44(83-79-75-64)38(41)16-18-42(52)55(47)24-8-26-80-76-72-61;;;;;/h7,11-12,14-21,28-32H,5-6,8-10,13,22-27H2,1-4H3,(H5-,61,62,63,64,65,66,67,68,69,70);;;;;/q;5*+1/p-5. The monoisotopic (exact) mass is 1400 g/mol. The summed E-state index contributed by atoms with van der Waals surface area (Å²) < 4.78 is 96.8. The Morgan fingerprint density at radius 1 is 0.678 bits per heavy atom. The Bertz CT molecular complexity index is 3730. The van der Waals surface area contributed by atoms with Crippen molar-refractivity contribution in [3.05, 3.63) is 125 Å². The Kier molecular flexibility index (Phi) is 35.5. The van der Waals surface area contributed by atoms with Gasteiger partial charge in [0.1, 0.15) is 26.8 Å². The first-order valence-electron chi connectivity index (χ1n) is 25.8. The molecule has 1 saturated heterocycles. The Hall–Kier alpha value is -0.340. The van der Waals surface area contributed by atoms with Crippen molar-refractivity contribution in [2.24, 2.45) is 0 Å². The van der Waals surface area contributed by atoms with Crippen LogP contribution in [0.15, 0.2) is 122 Å².